The summed E-state index contributed by atoms with van der Waals surface area (Å²) in [4.78, 5) is 12.7. The molecule has 1 aliphatic heterocycles. The first-order valence-electron chi connectivity index (χ1n) is 10.3. The Balaban J connectivity index is 1.87. The molecule has 9 heteroatoms. The number of benzene rings is 2. The highest BCUT2D eigenvalue weighted by Crippen LogP contribution is 2.39. The van der Waals surface area contributed by atoms with Crippen LogP contribution in [0, 0.1) is 0 Å². The molecule has 4 rings (SSSR count). The van der Waals surface area contributed by atoms with Gasteiger partial charge in [0.15, 0.2) is 0 Å². The van der Waals surface area contributed by atoms with Crippen LogP contribution in [0.15, 0.2) is 39.5 Å². The minimum absolute atomic E-state index is 0.158. The highest BCUT2D eigenvalue weighted by molar-refractivity contribution is 6.09. The number of fused-ring (bicyclic) bond motifs is 3. The highest BCUT2D eigenvalue weighted by atomic mass is 16.7. The molecule has 0 spiro atoms. The van der Waals surface area contributed by atoms with Crippen LogP contribution in [0.4, 0.5) is 0 Å². The molecule has 1 aromatic heterocycles. The third-order valence-electron chi connectivity index (χ3n) is 5.76. The van der Waals surface area contributed by atoms with Crippen LogP contribution in [-0.4, -0.2) is 64.8 Å². The molecule has 0 saturated carbocycles. The molecule has 1 aliphatic rings. The lowest BCUT2D eigenvalue weighted by Crippen LogP contribution is -2.60. The summed E-state index contributed by atoms with van der Waals surface area (Å²) in [6, 6.07) is 8.51. The van der Waals surface area contributed by atoms with Crippen molar-refractivity contribution in [3.8, 4) is 11.5 Å². The Kier molecular flexibility index (Phi) is 6.11. The molecule has 2 aromatic carbocycles. The van der Waals surface area contributed by atoms with Gasteiger partial charge in [0, 0.05) is 16.3 Å². The van der Waals surface area contributed by atoms with E-state index >= 15 is 0 Å². The van der Waals surface area contributed by atoms with E-state index in [1.54, 1.807) is 30.3 Å². The zero-order valence-electron chi connectivity index (χ0n) is 17.9. The van der Waals surface area contributed by atoms with Gasteiger partial charge in [0.25, 0.3) is 0 Å². The summed E-state index contributed by atoms with van der Waals surface area (Å²) < 4.78 is 22.5. The van der Waals surface area contributed by atoms with Crippen LogP contribution >= 0.6 is 0 Å². The lowest BCUT2D eigenvalue weighted by Gasteiger charge is -2.39. The van der Waals surface area contributed by atoms with Crippen molar-refractivity contribution >= 4 is 21.7 Å². The normalized spacial score (nSPS) is 26.1. The summed E-state index contributed by atoms with van der Waals surface area (Å²) in [5.74, 6) is 0.640. The Hall–Kier alpha value is -2.69. The first-order chi connectivity index (χ1) is 15.3. The van der Waals surface area contributed by atoms with Gasteiger partial charge in [-0.05, 0) is 30.2 Å². The van der Waals surface area contributed by atoms with Crippen molar-refractivity contribution in [2.45, 2.75) is 50.5 Å². The fourth-order valence-electron chi connectivity index (χ4n) is 4.12. The minimum Gasteiger partial charge on any atom is -0.496 e. The summed E-state index contributed by atoms with van der Waals surface area (Å²) >= 11 is 0. The topological polar surface area (TPSA) is 139 Å². The lowest BCUT2D eigenvalue weighted by atomic mass is 9.96. The van der Waals surface area contributed by atoms with Crippen molar-refractivity contribution in [1.82, 2.24) is 0 Å². The standard InChI is InChI=1S/C23H26O9/c1-10(2)16-14(30-23-20(27)19(26)18(25)15(9-24)31-23)8-7-11-17-12(22(28)32-21(11)16)5-4-6-13(17)29-3/h4-8,10,15,18-20,23-27H,9H2,1-3H3/t15-,18-,19+,20-,23-/m1/s1. The number of hydrogen-bond donors (Lipinski definition) is 4. The largest absolute Gasteiger partial charge is 0.496 e. The second-order valence-electron chi connectivity index (χ2n) is 8.10. The molecule has 9 nitrogen and oxygen atoms in total. The summed E-state index contributed by atoms with van der Waals surface area (Å²) in [7, 11) is 1.52. The van der Waals surface area contributed by atoms with Crippen molar-refractivity contribution in [2.75, 3.05) is 13.7 Å². The van der Waals surface area contributed by atoms with Gasteiger partial charge in [0.05, 0.1) is 19.1 Å². The van der Waals surface area contributed by atoms with Crippen molar-refractivity contribution in [3.05, 3.63) is 46.3 Å². The number of aliphatic hydroxyl groups is 4. The number of ether oxygens (including phenoxy) is 3. The van der Waals surface area contributed by atoms with Gasteiger partial charge in [-0.25, -0.2) is 4.79 Å². The molecule has 4 N–H and O–H groups in total. The molecular formula is C23H26O9. The fourth-order valence-corrected chi connectivity index (χ4v) is 4.12. The van der Waals surface area contributed by atoms with Gasteiger partial charge in [-0.1, -0.05) is 19.9 Å². The Bertz CT molecular complexity index is 1180. The molecule has 0 radical (unpaired) electrons. The zero-order chi connectivity index (χ0) is 23.2. The van der Waals surface area contributed by atoms with Gasteiger partial charge in [-0.2, -0.15) is 0 Å². The molecule has 0 amide bonds. The van der Waals surface area contributed by atoms with Gasteiger partial charge in [-0.3, -0.25) is 0 Å². The molecule has 0 bridgehead atoms. The summed E-state index contributed by atoms with van der Waals surface area (Å²) in [5.41, 5.74) is 0.340. The van der Waals surface area contributed by atoms with Crippen molar-refractivity contribution in [3.63, 3.8) is 0 Å². The van der Waals surface area contributed by atoms with Crippen LogP contribution in [0.1, 0.15) is 25.3 Å². The molecule has 0 unspecified atom stereocenters. The smallest absolute Gasteiger partial charge is 0.344 e. The van der Waals surface area contributed by atoms with Crippen LogP contribution in [-0.2, 0) is 4.74 Å². The van der Waals surface area contributed by atoms with Gasteiger partial charge in [0.1, 0.15) is 41.5 Å². The SMILES string of the molecule is COc1cccc2c(=O)oc3c(C(C)C)c(O[C@@H]4O[C@H](CO)[C@@H](O)[C@H](O)[C@H]4O)ccc3c12. The summed E-state index contributed by atoms with van der Waals surface area (Å²) in [5, 5.41) is 41.5. The number of aliphatic hydroxyl groups excluding tert-OH is 4. The van der Waals surface area contributed by atoms with Crippen molar-refractivity contribution in [2.24, 2.45) is 0 Å². The Morgan fingerprint density at radius 3 is 2.41 bits per heavy atom. The van der Waals surface area contributed by atoms with Gasteiger partial charge >= 0.3 is 5.63 Å². The van der Waals surface area contributed by atoms with E-state index in [0.717, 1.165) is 0 Å². The van der Waals surface area contributed by atoms with Gasteiger partial charge < -0.3 is 39.1 Å². The van der Waals surface area contributed by atoms with E-state index in [9.17, 15) is 25.2 Å². The number of rotatable bonds is 5. The van der Waals surface area contributed by atoms with E-state index < -0.39 is 42.9 Å². The molecule has 0 aliphatic carbocycles. The van der Waals surface area contributed by atoms with Crippen LogP contribution < -0.4 is 15.1 Å². The van der Waals surface area contributed by atoms with Crippen LogP contribution in [0.5, 0.6) is 11.5 Å². The molecule has 2 heterocycles. The fraction of sp³-hybridized carbons (Fsp3) is 0.435. The van der Waals surface area contributed by atoms with Crippen LogP contribution in [0.3, 0.4) is 0 Å². The summed E-state index contributed by atoms with van der Waals surface area (Å²) in [6.45, 7) is 3.21. The highest BCUT2D eigenvalue weighted by Gasteiger charge is 2.45. The maximum atomic E-state index is 12.7. The maximum absolute atomic E-state index is 12.7. The average molecular weight is 446 g/mol. The molecular weight excluding hydrogens is 420 g/mol. The molecule has 32 heavy (non-hydrogen) atoms. The van der Waals surface area contributed by atoms with Crippen LogP contribution in [0.2, 0.25) is 0 Å². The third kappa shape index (κ3) is 3.62. The number of methoxy groups -OCH3 is 1. The molecule has 3 aromatic rings. The van der Waals surface area contributed by atoms with E-state index in [1.807, 2.05) is 13.8 Å². The molecule has 172 valence electrons. The summed E-state index contributed by atoms with van der Waals surface area (Å²) in [6.07, 6.45) is -7.09. The van der Waals surface area contributed by atoms with Crippen molar-refractivity contribution < 1.29 is 39.1 Å². The second kappa shape index (κ2) is 8.68. The second-order valence-corrected chi connectivity index (χ2v) is 8.10. The minimum atomic E-state index is -1.57. The first-order valence-corrected chi connectivity index (χ1v) is 10.3. The molecule has 1 fully saturated rings. The van der Waals surface area contributed by atoms with Gasteiger partial charge in [0.2, 0.25) is 6.29 Å². The predicted molar refractivity (Wildman–Crippen MR) is 115 cm³/mol. The maximum Gasteiger partial charge on any atom is 0.344 e. The lowest BCUT2D eigenvalue weighted by molar-refractivity contribution is -0.277. The van der Waals surface area contributed by atoms with Crippen molar-refractivity contribution in [1.29, 1.82) is 0 Å². The molecule has 1 saturated heterocycles. The van der Waals surface area contributed by atoms with Crippen LogP contribution in [0.25, 0.3) is 21.7 Å². The average Bonchev–Trinajstić information content (AvgIpc) is 2.78. The molecule has 5 atom stereocenters. The van der Waals surface area contributed by atoms with E-state index in [1.165, 1.54) is 7.11 Å². The van der Waals surface area contributed by atoms with Gasteiger partial charge in [-0.15, -0.1) is 0 Å². The zero-order valence-corrected chi connectivity index (χ0v) is 17.9. The monoisotopic (exact) mass is 446 g/mol. The Labute approximate surface area is 183 Å². The first kappa shape index (κ1) is 22.5. The number of hydrogen-bond acceptors (Lipinski definition) is 9. The van der Waals surface area contributed by atoms with E-state index in [-0.39, 0.29) is 11.7 Å². The Morgan fingerprint density at radius 2 is 1.75 bits per heavy atom. The Morgan fingerprint density at radius 1 is 1.00 bits per heavy atom. The van der Waals surface area contributed by atoms with E-state index in [2.05, 4.69) is 0 Å². The van der Waals surface area contributed by atoms with E-state index in [4.69, 9.17) is 18.6 Å². The van der Waals surface area contributed by atoms with E-state index in [0.29, 0.717) is 33.1 Å². The predicted octanol–water partition coefficient (Wildman–Crippen LogP) is 1.26. The quantitative estimate of drug-likeness (QED) is 0.337. The third-order valence-corrected chi connectivity index (χ3v) is 5.76.